The zero-order chi connectivity index (χ0) is 24.2. The van der Waals surface area contributed by atoms with Crippen molar-refractivity contribution in [2.24, 2.45) is 46.3 Å². The normalized spacial score (nSPS) is 50.2. The van der Waals surface area contributed by atoms with Crippen LogP contribution in [0.25, 0.3) is 0 Å². The van der Waals surface area contributed by atoms with Crippen LogP contribution in [0, 0.1) is 46.3 Å². The third kappa shape index (κ3) is 4.08. The van der Waals surface area contributed by atoms with Gasteiger partial charge in [0, 0.05) is 6.42 Å². The van der Waals surface area contributed by atoms with E-state index in [2.05, 4.69) is 27.7 Å². The molecule has 0 aromatic heterocycles. The number of carbonyl (C=O) groups is 1. The second kappa shape index (κ2) is 9.09. The van der Waals surface area contributed by atoms with Crippen molar-refractivity contribution in [3.63, 3.8) is 0 Å². The molecule has 0 saturated heterocycles. The molecule has 5 heteroatoms. The summed E-state index contributed by atoms with van der Waals surface area (Å²) < 4.78 is 0. The summed E-state index contributed by atoms with van der Waals surface area (Å²) in [4.78, 5) is 11.2. The first-order valence-corrected chi connectivity index (χ1v) is 13.8. The summed E-state index contributed by atoms with van der Waals surface area (Å²) in [5, 5.41) is 43.8. The minimum atomic E-state index is -0.745. The van der Waals surface area contributed by atoms with Gasteiger partial charge in [-0.3, -0.25) is 4.79 Å². The summed E-state index contributed by atoms with van der Waals surface area (Å²) in [5.41, 5.74) is -0.929. The molecule has 5 nitrogen and oxygen atoms in total. The molecule has 0 amide bonds. The number of aliphatic hydroxyl groups excluding tert-OH is 2. The highest BCUT2D eigenvalue weighted by Gasteiger charge is 2.68. The highest BCUT2D eigenvalue weighted by Crippen LogP contribution is 2.70. The molecule has 0 spiro atoms. The van der Waals surface area contributed by atoms with Crippen LogP contribution >= 0.6 is 0 Å². The maximum Gasteiger partial charge on any atom is 0.303 e. The zero-order valence-corrected chi connectivity index (χ0v) is 21.3. The average Bonchev–Trinajstić information content (AvgIpc) is 3.11. The van der Waals surface area contributed by atoms with Gasteiger partial charge in [-0.1, -0.05) is 40.5 Å². The van der Waals surface area contributed by atoms with E-state index in [1.54, 1.807) is 0 Å². The molecular weight excluding hydrogens is 416 g/mol. The van der Waals surface area contributed by atoms with E-state index in [1.165, 1.54) is 0 Å². The molecule has 0 radical (unpaired) electrons. The van der Waals surface area contributed by atoms with E-state index in [9.17, 15) is 25.2 Å². The van der Waals surface area contributed by atoms with Crippen LogP contribution in [0.3, 0.4) is 0 Å². The summed E-state index contributed by atoms with van der Waals surface area (Å²) in [5.74, 6) is 0.861. The van der Waals surface area contributed by atoms with Crippen LogP contribution in [0.1, 0.15) is 105 Å². The second-order valence-corrected chi connectivity index (χ2v) is 13.0. The molecule has 0 aromatic rings. The summed E-state index contributed by atoms with van der Waals surface area (Å²) in [6.07, 6.45) is 9.19. The number of hydrogen-bond donors (Lipinski definition) is 4. The highest BCUT2D eigenvalue weighted by atomic mass is 16.4. The van der Waals surface area contributed by atoms with Crippen molar-refractivity contribution in [1.82, 2.24) is 0 Å². The SMILES string of the molecule is CCCC[C@@]1(O)C[C@@H]2C[C@H](O)CC[C@]2(C)[C@H]2C[C@H](O)[C@]3(C)[C@@H]([C@H](C)CCC(=O)O)CC[C@H]3[C@@H]21. The predicted octanol–water partition coefficient (Wildman–Crippen LogP) is 5.01. The topological polar surface area (TPSA) is 98.0 Å². The van der Waals surface area contributed by atoms with Crippen molar-refractivity contribution in [3.8, 4) is 0 Å². The predicted molar refractivity (Wildman–Crippen MR) is 129 cm³/mol. The van der Waals surface area contributed by atoms with Crippen molar-refractivity contribution in [1.29, 1.82) is 0 Å². The van der Waals surface area contributed by atoms with Crippen LogP contribution in [0.5, 0.6) is 0 Å². The fraction of sp³-hybridized carbons (Fsp3) is 0.964. The van der Waals surface area contributed by atoms with E-state index in [0.717, 1.165) is 64.2 Å². The largest absolute Gasteiger partial charge is 0.481 e. The van der Waals surface area contributed by atoms with Crippen molar-refractivity contribution in [3.05, 3.63) is 0 Å². The van der Waals surface area contributed by atoms with E-state index < -0.39 is 17.7 Å². The molecule has 4 N–H and O–H groups in total. The number of aliphatic carboxylic acids is 1. The number of carboxylic acids is 1. The fourth-order valence-electron chi connectivity index (χ4n) is 9.63. The Bertz CT molecular complexity index is 725. The lowest BCUT2D eigenvalue weighted by Crippen LogP contribution is -2.66. The molecule has 0 aromatic carbocycles. The molecule has 0 bridgehead atoms. The quantitative estimate of drug-likeness (QED) is 0.425. The van der Waals surface area contributed by atoms with Gasteiger partial charge in [0.1, 0.15) is 0 Å². The molecule has 4 fully saturated rings. The van der Waals surface area contributed by atoms with Crippen LogP contribution < -0.4 is 0 Å². The van der Waals surface area contributed by atoms with Crippen molar-refractivity contribution in [2.45, 2.75) is 123 Å². The number of aliphatic hydroxyl groups is 3. The van der Waals surface area contributed by atoms with Crippen LogP contribution in [-0.2, 0) is 4.79 Å². The Kier molecular flexibility index (Phi) is 7.01. The first-order valence-electron chi connectivity index (χ1n) is 13.8. The summed E-state index contributed by atoms with van der Waals surface area (Å²) in [7, 11) is 0. The standard InChI is InChI=1S/C28H48O5/c1-5-6-12-28(33)16-18-14-19(29)11-13-26(18,3)22-15-23(30)27(4)20(8-9-21(27)25(22)28)17(2)7-10-24(31)32/h17-23,25,29-30,33H,5-16H2,1-4H3,(H,31,32)/t17-,18+,19-,20-,21+,22+,23+,25+,26+,27-,28-/m1/s1. The fourth-order valence-corrected chi connectivity index (χ4v) is 9.63. The maximum absolute atomic E-state index is 12.3. The zero-order valence-electron chi connectivity index (χ0n) is 21.3. The van der Waals surface area contributed by atoms with Gasteiger partial charge in [-0.05, 0) is 104 Å². The molecular formula is C28H48O5. The van der Waals surface area contributed by atoms with Crippen LogP contribution in [0.15, 0.2) is 0 Å². The van der Waals surface area contributed by atoms with E-state index in [4.69, 9.17) is 0 Å². The first-order chi connectivity index (χ1) is 15.5. The van der Waals surface area contributed by atoms with Crippen molar-refractivity contribution in [2.75, 3.05) is 0 Å². The van der Waals surface area contributed by atoms with Gasteiger partial charge in [0.25, 0.3) is 0 Å². The Balaban J connectivity index is 1.69. The second-order valence-electron chi connectivity index (χ2n) is 13.0. The molecule has 33 heavy (non-hydrogen) atoms. The Morgan fingerprint density at radius 2 is 1.82 bits per heavy atom. The average molecular weight is 465 g/mol. The van der Waals surface area contributed by atoms with E-state index >= 15 is 0 Å². The number of rotatable bonds is 7. The maximum atomic E-state index is 12.3. The molecule has 0 heterocycles. The Labute approximate surface area is 200 Å². The van der Waals surface area contributed by atoms with Gasteiger partial charge in [-0.2, -0.15) is 0 Å². The van der Waals surface area contributed by atoms with Gasteiger partial charge in [0.2, 0.25) is 0 Å². The van der Waals surface area contributed by atoms with Gasteiger partial charge in [-0.25, -0.2) is 0 Å². The molecule has 0 unspecified atom stereocenters. The first kappa shape index (κ1) is 25.4. The third-order valence-corrected chi connectivity index (χ3v) is 11.5. The van der Waals surface area contributed by atoms with Gasteiger partial charge in [0.05, 0.1) is 17.8 Å². The minimum absolute atomic E-state index is 0.0671. The molecule has 4 aliphatic carbocycles. The van der Waals surface area contributed by atoms with E-state index in [-0.39, 0.29) is 47.0 Å². The van der Waals surface area contributed by atoms with Crippen LogP contribution in [0.4, 0.5) is 0 Å². The van der Waals surface area contributed by atoms with Gasteiger partial charge >= 0.3 is 5.97 Å². The van der Waals surface area contributed by atoms with Gasteiger partial charge in [-0.15, -0.1) is 0 Å². The van der Waals surface area contributed by atoms with Gasteiger partial charge < -0.3 is 20.4 Å². The Morgan fingerprint density at radius 3 is 2.48 bits per heavy atom. The van der Waals surface area contributed by atoms with E-state index in [0.29, 0.717) is 18.3 Å². The van der Waals surface area contributed by atoms with Gasteiger partial charge in [0.15, 0.2) is 0 Å². The minimum Gasteiger partial charge on any atom is -0.481 e. The molecule has 4 rings (SSSR count). The molecule has 11 atom stereocenters. The third-order valence-electron chi connectivity index (χ3n) is 11.5. The summed E-state index contributed by atoms with van der Waals surface area (Å²) in [6, 6.07) is 0. The Hall–Kier alpha value is -0.650. The monoisotopic (exact) mass is 464 g/mol. The Morgan fingerprint density at radius 1 is 1.09 bits per heavy atom. The molecule has 190 valence electrons. The highest BCUT2D eigenvalue weighted by molar-refractivity contribution is 5.66. The lowest BCUT2D eigenvalue weighted by Gasteiger charge is -2.66. The molecule has 4 saturated carbocycles. The summed E-state index contributed by atoms with van der Waals surface area (Å²) in [6.45, 7) is 9.00. The van der Waals surface area contributed by atoms with Crippen LogP contribution in [-0.4, -0.2) is 44.2 Å². The number of carboxylic acid groups (broad SMARTS) is 1. The van der Waals surface area contributed by atoms with Crippen molar-refractivity contribution >= 4 is 5.97 Å². The van der Waals surface area contributed by atoms with Crippen molar-refractivity contribution < 1.29 is 25.2 Å². The lowest BCUT2D eigenvalue weighted by atomic mass is 9.40. The molecule has 4 aliphatic rings. The number of hydrogen-bond acceptors (Lipinski definition) is 4. The number of fused-ring (bicyclic) bond motifs is 5. The number of unbranched alkanes of at least 4 members (excludes halogenated alkanes) is 1. The lowest BCUT2D eigenvalue weighted by molar-refractivity contribution is -0.244. The molecule has 0 aliphatic heterocycles. The smallest absolute Gasteiger partial charge is 0.303 e. The summed E-state index contributed by atoms with van der Waals surface area (Å²) >= 11 is 0. The van der Waals surface area contributed by atoms with Crippen LogP contribution in [0.2, 0.25) is 0 Å². The van der Waals surface area contributed by atoms with E-state index in [1.807, 2.05) is 0 Å².